The average Bonchev–Trinajstić information content (AvgIpc) is 2.77. The number of nitrogens with zero attached hydrogens (tertiary/aromatic N) is 2. The molecule has 0 spiro atoms. The first kappa shape index (κ1) is 21.4. The molecular formula is C26H28N2O2. The number of anilines is 1. The molecule has 1 heterocycles. The Balaban J connectivity index is 1.72. The molecule has 0 saturated carbocycles. The van der Waals surface area contributed by atoms with Crippen molar-refractivity contribution in [3.63, 3.8) is 0 Å². The maximum Gasteiger partial charge on any atom is 0.226 e. The molecule has 30 heavy (non-hydrogen) atoms. The molecule has 4 nitrogen and oxygen atoms in total. The highest BCUT2D eigenvalue weighted by Crippen LogP contribution is 2.27. The Bertz CT molecular complexity index is 1050. The summed E-state index contributed by atoms with van der Waals surface area (Å²) in [5.74, 6) is 0.228. The summed E-state index contributed by atoms with van der Waals surface area (Å²) in [5.41, 5.74) is 6.93. The lowest BCUT2D eigenvalue weighted by Gasteiger charge is -2.17. The standard InChI is InChI=1S/C26H28N2O2/c1-5-26(30)28(4)23-12-8-21(9-13-23)24-14-10-22(17-18(24)2)25(29)15-11-20-7-6-16-27-19(20)3/h6-10,12-14,16-17H,5,11,15H2,1-4H3. The van der Waals surface area contributed by atoms with E-state index in [1.165, 1.54) is 0 Å². The van der Waals surface area contributed by atoms with Gasteiger partial charge in [0.1, 0.15) is 0 Å². The van der Waals surface area contributed by atoms with Crippen molar-refractivity contribution in [2.45, 2.75) is 40.0 Å². The van der Waals surface area contributed by atoms with Crippen molar-refractivity contribution in [2.75, 3.05) is 11.9 Å². The van der Waals surface area contributed by atoms with E-state index in [-0.39, 0.29) is 11.7 Å². The third-order valence-corrected chi connectivity index (χ3v) is 5.53. The molecule has 0 unspecified atom stereocenters. The molecular weight excluding hydrogens is 372 g/mol. The van der Waals surface area contributed by atoms with E-state index >= 15 is 0 Å². The lowest BCUT2D eigenvalue weighted by molar-refractivity contribution is -0.118. The van der Waals surface area contributed by atoms with Gasteiger partial charge in [0.05, 0.1) is 0 Å². The molecule has 1 amide bonds. The van der Waals surface area contributed by atoms with Crippen molar-refractivity contribution < 1.29 is 9.59 Å². The molecule has 0 fully saturated rings. The molecule has 3 aromatic rings. The van der Waals surface area contributed by atoms with Gasteiger partial charge in [0.2, 0.25) is 5.91 Å². The summed E-state index contributed by atoms with van der Waals surface area (Å²) in [7, 11) is 1.79. The van der Waals surface area contributed by atoms with E-state index in [2.05, 4.69) is 4.98 Å². The van der Waals surface area contributed by atoms with Gasteiger partial charge in [-0.25, -0.2) is 0 Å². The predicted molar refractivity (Wildman–Crippen MR) is 122 cm³/mol. The van der Waals surface area contributed by atoms with Crippen molar-refractivity contribution in [1.29, 1.82) is 0 Å². The molecule has 0 aliphatic rings. The molecule has 0 bridgehead atoms. The number of carbonyl (C=O) groups is 2. The van der Waals surface area contributed by atoms with Crippen LogP contribution in [0.3, 0.4) is 0 Å². The summed E-state index contributed by atoms with van der Waals surface area (Å²) in [4.78, 5) is 30.5. The lowest BCUT2D eigenvalue weighted by atomic mass is 9.95. The third-order valence-electron chi connectivity index (χ3n) is 5.53. The number of carbonyl (C=O) groups excluding carboxylic acids is 2. The second-order valence-corrected chi connectivity index (χ2v) is 7.55. The van der Waals surface area contributed by atoms with Gasteiger partial charge in [-0.1, -0.05) is 37.3 Å². The van der Waals surface area contributed by atoms with Crippen molar-refractivity contribution in [1.82, 2.24) is 4.98 Å². The number of rotatable bonds is 7. The number of aromatic nitrogens is 1. The Hall–Kier alpha value is -3.27. The van der Waals surface area contributed by atoms with Crippen LogP contribution >= 0.6 is 0 Å². The minimum atomic E-state index is 0.0864. The van der Waals surface area contributed by atoms with Crippen LogP contribution < -0.4 is 4.90 Å². The molecule has 0 radical (unpaired) electrons. The van der Waals surface area contributed by atoms with Crippen molar-refractivity contribution >= 4 is 17.4 Å². The van der Waals surface area contributed by atoms with E-state index in [9.17, 15) is 9.59 Å². The maximum atomic E-state index is 12.7. The molecule has 4 heteroatoms. The Morgan fingerprint density at radius 1 is 1.00 bits per heavy atom. The number of aryl methyl sites for hydroxylation is 3. The fraction of sp³-hybridized carbons (Fsp3) is 0.269. The Labute approximate surface area is 178 Å². The average molecular weight is 401 g/mol. The van der Waals surface area contributed by atoms with Gasteiger partial charge < -0.3 is 4.90 Å². The molecule has 0 aliphatic carbocycles. The van der Waals surface area contributed by atoms with Crippen molar-refractivity contribution in [3.8, 4) is 11.1 Å². The van der Waals surface area contributed by atoms with E-state index in [4.69, 9.17) is 0 Å². The van der Waals surface area contributed by atoms with Crippen LogP contribution in [0.25, 0.3) is 11.1 Å². The topological polar surface area (TPSA) is 50.3 Å². The zero-order chi connectivity index (χ0) is 21.7. The maximum absolute atomic E-state index is 12.7. The van der Waals surface area contributed by atoms with Crippen LogP contribution in [0.4, 0.5) is 5.69 Å². The van der Waals surface area contributed by atoms with E-state index < -0.39 is 0 Å². The summed E-state index contributed by atoms with van der Waals surface area (Å²) < 4.78 is 0. The summed E-state index contributed by atoms with van der Waals surface area (Å²) in [6, 6.07) is 17.8. The largest absolute Gasteiger partial charge is 0.316 e. The van der Waals surface area contributed by atoms with E-state index in [0.29, 0.717) is 19.3 Å². The van der Waals surface area contributed by atoms with Gasteiger partial charge in [-0.2, -0.15) is 0 Å². The summed E-state index contributed by atoms with van der Waals surface area (Å²) in [5, 5.41) is 0. The zero-order valence-corrected chi connectivity index (χ0v) is 18.1. The SMILES string of the molecule is CCC(=O)N(C)c1ccc(-c2ccc(C(=O)CCc3cccnc3C)cc2C)cc1. The predicted octanol–water partition coefficient (Wildman–Crippen LogP) is 5.55. The normalized spacial score (nSPS) is 10.7. The number of pyridine rings is 1. The number of hydrogen-bond donors (Lipinski definition) is 0. The van der Waals surface area contributed by atoms with Crippen LogP contribution in [0.1, 0.15) is 46.9 Å². The lowest BCUT2D eigenvalue weighted by Crippen LogP contribution is -2.24. The number of benzene rings is 2. The molecule has 154 valence electrons. The number of hydrogen-bond acceptors (Lipinski definition) is 3. The molecule has 0 saturated heterocycles. The molecule has 0 atom stereocenters. The minimum absolute atomic E-state index is 0.0864. The fourth-order valence-corrected chi connectivity index (χ4v) is 3.58. The van der Waals surface area contributed by atoms with Gasteiger partial charge in [0.15, 0.2) is 5.78 Å². The van der Waals surface area contributed by atoms with Gasteiger partial charge in [-0.15, -0.1) is 0 Å². The van der Waals surface area contributed by atoms with Crippen LogP contribution in [-0.2, 0) is 11.2 Å². The second kappa shape index (κ2) is 9.49. The molecule has 1 aromatic heterocycles. The smallest absolute Gasteiger partial charge is 0.226 e. The number of ketones is 1. The highest BCUT2D eigenvalue weighted by molar-refractivity contribution is 5.97. The molecule has 0 N–H and O–H groups in total. The highest BCUT2D eigenvalue weighted by atomic mass is 16.2. The van der Waals surface area contributed by atoms with Gasteiger partial charge >= 0.3 is 0 Å². The number of amides is 1. The van der Waals surface area contributed by atoms with Crippen LogP contribution in [-0.4, -0.2) is 23.7 Å². The first-order valence-electron chi connectivity index (χ1n) is 10.3. The third kappa shape index (κ3) is 4.82. The Morgan fingerprint density at radius 3 is 2.37 bits per heavy atom. The number of Topliss-reactive ketones (excluding diaryl/α,β-unsaturated/α-hetero) is 1. The van der Waals surface area contributed by atoms with Crippen LogP contribution in [0.2, 0.25) is 0 Å². The zero-order valence-electron chi connectivity index (χ0n) is 18.1. The Kier molecular flexibility index (Phi) is 6.78. The van der Waals surface area contributed by atoms with Crippen LogP contribution in [0.5, 0.6) is 0 Å². The van der Waals surface area contributed by atoms with Crippen molar-refractivity contribution in [3.05, 3.63) is 83.2 Å². The van der Waals surface area contributed by atoms with Crippen molar-refractivity contribution in [2.24, 2.45) is 0 Å². The van der Waals surface area contributed by atoms with Gasteiger partial charge in [-0.3, -0.25) is 14.6 Å². The summed E-state index contributed by atoms with van der Waals surface area (Å²) in [6.45, 7) is 5.86. The summed E-state index contributed by atoms with van der Waals surface area (Å²) in [6.07, 6.45) is 3.42. The van der Waals surface area contributed by atoms with Crippen LogP contribution in [0, 0.1) is 13.8 Å². The minimum Gasteiger partial charge on any atom is -0.316 e. The second-order valence-electron chi connectivity index (χ2n) is 7.55. The fourth-order valence-electron chi connectivity index (χ4n) is 3.58. The first-order valence-corrected chi connectivity index (χ1v) is 10.3. The molecule has 2 aromatic carbocycles. The van der Waals surface area contributed by atoms with Crippen LogP contribution in [0.15, 0.2) is 60.8 Å². The van der Waals surface area contributed by atoms with E-state index in [1.807, 2.05) is 75.4 Å². The van der Waals surface area contributed by atoms with Gasteiger partial charge in [-0.05, 0) is 66.8 Å². The monoisotopic (exact) mass is 400 g/mol. The highest BCUT2D eigenvalue weighted by Gasteiger charge is 2.12. The van der Waals surface area contributed by atoms with E-state index in [1.54, 1.807) is 18.1 Å². The first-order chi connectivity index (χ1) is 14.4. The molecule has 3 rings (SSSR count). The van der Waals surface area contributed by atoms with Gasteiger partial charge in [0.25, 0.3) is 0 Å². The van der Waals surface area contributed by atoms with E-state index in [0.717, 1.165) is 39.2 Å². The Morgan fingerprint density at radius 2 is 1.73 bits per heavy atom. The molecule has 0 aliphatic heterocycles. The summed E-state index contributed by atoms with van der Waals surface area (Å²) >= 11 is 0. The van der Waals surface area contributed by atoms with Gasteiger partial charge in [0, 0.05) is 43.0 Å². The quantitative estimate of drug-likeness (QED) is 0.488.